The minimum Gasteiger partial charge on any atom is -0.288 e. The lowest BCUT2D eigenvalue weighted by Crippen LogP contribution is -2.50. The van der Waals surface area contributed by atoms with Crippen molar-refractivity contribution in [2.24, 2.45) is 5.41 Å². The molecule has 1 aromatic rings. The Morgan fingerprint density at radius 1 is 1.39 bits per heavy atom. The Morgan fingerprint density at radius 2 is 2.09 bits per heavy atom. The number of hydrazine groups is 1. The third-order valence-corrected chi connectivity index (χ3v) is 4.25. The maximum absolute atomic E-state index is 13.3. The second kappa shape index (κ2) is 6.69. The molecule has 23 heavy (non-hydrogen) atoms. The highest BCUT2D eigenvalue weighted by Crippen LogP contribution is 2.33. The van der Waals surface area contributed by atoms with Gasteiger partial charge in [0.1, 0.15) is 6.04 Å². The topological polar surface area (TPSA) is 32.3 Å². The molecule has 0 unspecified atom stereocenters. The number of alkyl halides is 3. The lowest BCUT2D eigenvalue weighted by Gasteiger charge is -2.29. The fraction of sp³-hybridized carbons (Fsp3) is 0.562. The van der Waals surface area contributed by atoms with Gasteiger partial charge in [0.2, 0.25) is 5.91 Å². The summed E-state index contributed by atoms with van der Waals surface area (Å²) in [5.74, 6) is -0.374. The number of amides is 1. The number of halogens is 4. The van der Waals surface area contributed by atoms with Crippen LogP contribution in [0.3, 0.4) is 0 Å². The van der Waals surface area contributed by atoms with Gasteiger partial charge in [-0.25, -0.2) is 5.01 Å². The molecule has 7 heteroatoms. The number of carbonyl (C=O) groups is 1. The zero-order valence-electron chi connectivity index (χ0n) is 13.1. The summed E-state index contributed by atoms with van der Waals surface area (Å²) in [5.41, 5.74) is 2.46. The van der Waals surface area contributed by atoms with E-state index >= 15 is 0 Å². The van der Waals surface area contributed by atoms with Crippen molar-refractivity contribution in [1.29, 1.82) is 0 Å². The zero-order valence-corrected chi connectivity index (χ0v) is 13.8. The van der Waals surface area contributed by atoms with E-state index in [1.165, 1.54) is 0 Å². The van der Waals surface area contributed by atoms with Crippen molar-refractivity contribution in [3.63, 3.8) is 0 Å². The van der Waals surface area contributed by atoms with Gasteiger partial charge in [0.05, 0.1) is 5.41 Å². The average molecular weight is 349 g/mol. The maximum Gasteiger partial charge on any atom is 0.405 e. The molecule has 1 aliphatic heterocycles. The minimum absolute atomic E-state index is 0.0488. The Hall–Kier alpha value is -1.27. The third-order valence-electron chi connectivity index (χ3n) is 4.01. The molecule has 0 aromatic heterocycles. The fourth-order valence-corrected chi connectivity index (χ4v) is 2.91. The van der Waals surface area contributed by atoms with Crippen LogP contribution in [0.25, 0.3) is 0 Å². The number of hydrogen-bond donors (Lipinski definition) is 1. The van der Waals surface area contributed by atoms with Crippen LogP contribution in [-0.4, -0.2) is 29.7 Å². The first-order valence-electron chi connectivity index (χ1n) is 7.48. The number of carbonyl (C=O) groups excluding carboxylic acids is 1. The summed E-state index contributed by atoms with van der Waals surface area (Å²) in [6.45, 7) is 3.33. The van der Waals surface area contributed by atoms with Crippen molar-refractivity contribution in [2.75, 3.05) is 6.54 Å². The molecule has 0 spiro atoms. The van der Waals surface area contributed by atoms with E-state index in [9.17, 15) is 18.0 Å². The molecule has 0 saturated carbocycles. The lowest BCUT2D eigenvalue weighted by atomic mass is 9.94. The second-order valence-electron chi connectivity index (χ2n) is 6.53. The van der Waals surface area contributed by atoms with Gasteiger partial charge in [-0.1, -0.05) is 23.7 Å². The highest BCUT2D eigenvalue weighted by Gasteiger charge is 2.49. The van der Waals surface area contributed by atoms with Crippen molar-refractivity contribution >= 4 is 17.5 Å². The van der Waals surface area contributed by atoms with E-state index in [4.69, 9.17) is 11.6 Å². The van der Waals surface area contributed by atoms with Crippen molar-refractivity contribution < 1.29 is 18.0 Å². The molecule has 1 heterocycles. The number of nitrogens with zero attached hydrogens (tertiary/aromatic N) is 1. The first-order valence-corrected chi connectivity index (χ1v) is 7.86. The van der Waals surface area contributed by atoms with Crippen molar-refractivity contribution in [3.05, 3.63) is 34.9 Å². The number of nitrogens with one attached hydrogen (secondary N) is 1. The molecule has 128 valence electrons. The number of hydrogen-bond acceptors (Lipinski definition) is 2. The normalized spacial score (nSPS) is 19.7. The van der Waals surface area contributed by atoms with E-state index in [2.05, 4.69) is 5.43 Å². The Bertz CT molecular complexity index is 575. The van der Waals surface area contributed by atoms with Gasteiger partial charge >= 0.3 is 6.18 Å². The molecule has 1 amide bonds. The van der Waals surface area contributed by atoms with Crippen LogP contribution >= 0.6 is 11.6 Å². The Labute approximate surface area is 138 Å². The molecule has 1 aromatic carbocycles. The third kappa shape index (κ3) is 4.61. The molecule has 0 radical (unpaired) electrons. The molecular formula is C16H20ClF3N2O. The number of aryl methyl sites for hydroxylation is 1. The molecule has 1 atom stereocenters. The van der Waals surface area contributed by atoms with E-state index in [0.29, 0.717) is 17.9 Å². The molecule has 2 rings (SSSR count). The van der Waals surface area contributed by atoms with Gasteiger partial charge in [0, 0.05) is 11.6 Å². The highest BCUT2D eigenvalue weighted by molar-refractivity contribution is 6.30. The first-order chi connectivity index (χ1) is 10.6. The van der Waals surface area contributed by atoms with Gasteiger partial charge in [0.25, 0.3) is 0 Å². The van der Waals surface area contributed by atoms with Crippen LogP contribution in [0, 0.1) is 5.41 Å². The van der Waals surface area contributed by atoms with Crippen LogP contribution in [0.5, 0.6) is 0 Å². The predicted molar refractivity (Wildman–Crippen MR) is 82.9 cm³/mol. The van der Waals surface area contributed by atoms with Gasteiger partial charge in [-0.2, -0.15) is 13.2 Å². The quantitative estimate of drug-likeness (QED) is 0.873. The molecule has 1 saturated heterocycles. The van der Waals surface area contributed by atoms with Gasteiger partial charge in [0.15, 0.2) is 0 Å². The smallest absolute Gasteiger partial charge is 0.288 e. The summed E-state index contributed by atoms with van der Waals surface area (Å²) in [6.07, 6.45) is -3.59. The van der Waals surface area contributed by atoms with E-state index in [1.807, 2.05) is 6.07 Å². The molecule has 0 aliphatic carbocycles. The summed E-state index contributed by atoms with van der Waals surface area (Å²) >= 11 is 5.87. The molecule has 3 nitrogen and oxygen atoms in total. The minimum atomic E-state index is -4.39. The Morgan fingerprint density at radius 3 is 2.61 bits per heavy atom. The van der Waals surface area contributed by atoms with Gasteiger partial charge in [-0.3, -0.25) is 10.2 Å². The SMILES string of the molecule is CC1(C)CN([C@@H](CCCc2cccc(Cl)c2)C(F)(F)F)NC1=O. The van der Waals surface area contributed by atoms with Crippen LogP contribution in [0.15, 0.2) is 24.3 Å². The predicted octanol–water partition coefficient (Wildman–Crippen LogP) is 3.97. The van der Waals surface area contributed by atoms with Gasteiger partial charge in [-0.05, 0) is 50.8 Å². The summed E-state index contributed by atoms with van der Waals surface area (Å²) in [4.78, 5) is 11.7. The molecule has 0 bridgehead atoms. The molecular weight excluding hydrogens is 329 g/mol. The fourth-order valence-electron chi connectivity index (χ4n) is 2.70. The Balaban J connectivity index is 1.99. The standard InChI is InChI=1S/C16H20ClF3N2O/c1-15(2)10-22(21-14(15)23)13(16(18,19)20)8-4-6-11-5-3-7-12(17)9-11/h3,5,7,9,13H,4,6,8,10H2,1-2H3,(H,21,23)/t13-/m0/s1. The van der Waals surface area contributed by atoms with Crippen LogP contribution in [-0.2, 0) is 11.2 Å². The van der Waals surface area contributed by atoms with E-state index in [-0.39, 0.29) is 18.9 Å². The van der Waals surface area contributed by atoms with E-state index < -0.39 is 17.6 Å². The van der Waals surface area contributed by atoms with Gasteiger partial charge in [-0.15, -0.1) is 0 Å². The van der Waals surface area contributed by atoms with Crippen molar-refractivity contribution in [1.82, 2.24) is 10.4 Å². The molecule has 1 N–H and O–H groups in total. The largest absolute Gasteiger partial charge is 0.405 e. The highest BCUT2D eigenvalue weighted by atomic mass is 35.5. The average Bonchev–Trinajstić information content (AvgIpc) is 2.67. The lowest BCUT2D eigenvalue weighted by molar-refractivity contribution is -0.190. The van der Waals surface area contributed by atoms with Crippen LogP contribution in [0.1, 0.15) is 32.3 Å². The summed E-state index contributed by atoms with van der Waals surface area (Å²) in [5, 5.41) is 1.60. The number of rotatable bonds is 5. The second-order valence-corrected chi connectivity index (χ2v) is 6.97. The van der Waals surface area contributed by atoms with E-state index in [1.54, 1.807) is 32.0 Å². The van der Waals surface area contributed by atoms with Crippen molar-refractivity contribution in [3.8, 4) is 0 Å². The summed E-state index contributed by atoms with van der Waals surface area (Å²) < 4.78 is 40.0. The first kappa shape index (κ1) is 18.1. The van der Waals surface area contributed by atoms with Crippen LogP contribution < -0.4 is 5.43 Å². The van der Waals surface area contributed by atoms with Crippen molar-refractivity contribution in [2.45, 2.75) is 45.3 Å². The maximum atomic E-state index is 13.3. The summed E-state index contributed by atoms with van der Waals surface area (Å²) in [6, 6.07) is 5.43. The van der Waals surface area contributed by atoms with Crippen LogP contribution in [0.2, 0.25) is 5.02 Å². The zero-order chi connectivity index (χ0) is 17.3. The Kier molecular flexibility index (Phi) is 5.26. The van der Waals surface area contributed by atoms with Crippen LogP contribution in [0.4, 0.5) is 13.2 Å². The summed E-state index contributed by atoms with van der Waals surface area (Å²) in [7, 11) is 0. The van der Waals surface area contributed by atoms with E-state index in [0.717, 1.165) is 10.6 Å². The van der Waals surface area contributed by atoms with Gasteiger partial charge < -0.3 is 0 Å². The molecule has 1 aliphatic rings. The molecule has 1 fully saturated rings. The monoisotopic (exact) mass is 348 g/mol. The number of benzene rings is 1.